The molecule has 0 aliphatic carbocycles. The van der Waals surface area contributed by atoms with Crippen LogP contribution >= 0.6 is 0 Å². The van der Waals surface area contributed by atoms with E-state index < -0.39 is 0 Å². The molecule has 1 amide bonds. The van der Waals surface area contributed by atoms with Crippen LogP contribution in [0.1, 0.15) is 16.2 Å². The highest BCUT2D eigenvalue weighted by Crippen LogP contribution is 2.33. The highest BCUT2D eigenvalue weighted by atomic mass is 16.5. The molecular weight excluding hydrogens is 442 g/mol. The van der Waals surface area contributed by atoms with Crippen molar-refractivity contribution >= 4 is 16.9 Å². The van der Waals surface area contributed by atoms with Crippen LogP contribution in [0, 0.1) is 0 Å². The Bertz CT molecular complexity index is 1500. The molecule has 5 aromatic rings. The second-order valence-electron chi connectivity index (χ2n) is 8.00. The molecule has 2 heterocycles. The number of aryl methyl sites for hydroxylation is 1. The van der Waals surface area contributed by atoms with E-state index in [0.29, 0.717) is 22.8 Å². The van der Waals surface area contributed by atoms with Gasteiger partial charge in [-0.2, -0.15) is 5.10 Å². The Hall–Kier alpha value is -4.59. The third kappa shape index (κ3) is 4.21. The summed E-state index contributed by atoms with van der Waals surface area (Å²) in [6.07, 6.45) is 1.74. The van der Waals surface area contributed by atoms with Crippen molar-refractivity contribution in [2.75, 3.05) is 14.2 Å². The van der Waals surface area contributed by atoms with Gasteiger partial charge in [-0.25, -0.2) is 9.67 Å². The van der Waals surface area contributed by atoms with E-state index in [1.165, 1.54) is 0 Å². The van der Waals surface area contributed by atoms with Gasteiger partial charge >= 0.3 is 0 Å². The van der Waals surface area contributed by atoms with Crippen LogP contribution in [0.25, 0.3) is 28.0 Å². The van der Waals surface area contributed by atoms with E-state index in [0.717, 1.165) is 28.1 Å². The molecule has 0 unspecified atom stereocenters. The monoisotopic (exact) mass is 467 g/mol. The first kappa shape index (κ1) is 22.2. The van der Waals surface area contributed by atoms with Crippen molar-refractivity contribution in [1.29, 1.82) is 0 Å². The lowest BCUT2D eigenvalue weighted by atomic mass is 10.1. The van der Waals surface area contributed by atoms with Crippen LogP contribution in [0.3, 0.4) is 0 Å². The average Bonchev–Trinajstić information content (AvgIpc) is 3.49. The third-order valence-corrected chi connectivity index (χ3v) is 5.92. The number of hydrogen-bond donors (Lipinski definition) is 1. The summed E-state index contributed by atoms with van der Waals surface area (Å²) in [5.41, 5.74) is 4.48. The topological polar surface area (TPSA) is 83.2 Å². The van der Waals surface area contributed by atoms with Gasteiger partial charge in [0.25, 0.3) is 5.91 Å². The Labute approximate surface area is 202 Å². The fraction of sp³-hybridized carbons (Fsp3) is 0.148. The van der Waals surface area contributed by atoms with E-state index in [9.17, 15) is 4.79 Å². The lowest BCUT2D eigenvalue weighted by Crippen LogP contribution is -2.24. The molecular formula is C27H25N5O3. The van der Waals surface area contributed by atoms with Crippen LogP contribution in [-0.4, -0.2) is 39.5 Å². The lowest BCUT2D eigenvalue weighted by Gasteiger charge is -2.10. The summed E-state index contributed by atoms with van der Waals surface area (Å²) in [5.74, 6) is 1.68. The molecule has 0 aliphatic rings. The zero-order valence-corrected chi connectivity index (χ0v) is 19.7. The van der Waals surface area contributed by atoms with Crippen molar-refractivity contribution in [2.24, 2.45) is 7.05 Å². The van der Waals surface area contributed by atoms with Gasteiger partial charge in [0.05, 0.1) is 43.0 Å². The van der Waals surface area contributed by atoms with E-state index in [4.69, 9.17) is 14.6 Å². The maximum absolute atomic E-state index is 13.4. The van der Waals surface area contributed by atoms with Crippen LogP contribution in [0.5, 0.6) is 11.5 Å². The quantitative estimate of drug-likeness (QED) is 0.384. The molecule has 8 nitrogen and oxygen atoms in total. The summed E-state index contributed by atoms with van der Waals surface area (Å²) in [6.45, 7) is 0.284. The first-order chi connectivity index (χ1) is 17.1. The molecule has 5 rings (SSSR count). The number of carbonyl (C=O) groups excluding carboxylic acids is 1. The molecule has 0 bridgehead atoms. The van der Waals surface area contributed by atoms with E-state index in [-0.39, 0.29) is 12.5 Å². The van der Waals surface area contributed by atoms with Crippen molar-refractivity contribution in [1.82, 2.24) is 24.6 Å². The van der Waals surface area contributed by atoms with E-state index in [1.807, 2.05) is 78.3 Å². The second-order valence-corrected chi connectivity index (χ2v) is 8.00. The largest absolute Gasteiger partial charge is 0.493 e. The van der Waals surface area contributed by atoms with Crippen LogP contribution in [0.15, 0.2) is 79.0 Å². The van der Waals surface area contributed by atoms with Crippen molar-refractivity contribution in [3.8, 4) is 28.4 Å². The Balaban J connectivity index is 1.50. The Morgan fingerprint density at radius 1 is 0.943 bits per heavy atom. The Morgan fingerprint density at radius 3 is 2.43 bits per heavy atom. The SMILES string of the molecule is COc1ccc(-c2nn(-c3ccccc3)cc2C(=O)NCc2nc3ccccc3n2C)cc1OC. The number of imidazole rings is 1. The number of ether oxygens (including phenoxy) is 2. The van der Waals surface area contributed by atoms with Gasteiger partial charge in [0.15, 0.2) is 11.5 Å². The van der Waals surface area contributed by atoms with E-state index in [1.54, 1.807) is 31.2 Å². The molecule has 0 saturated heterocycles. The van der Waals surface area contributed by atoms with Gasteiger partial charge < -0.3 is 19.4 Å². The van der Waals surface area contributed by atoms with Crippen molar-refractivity contribution in [2.45, 2.75) is 6.54 Å². The number of fused-ring (bicyclic) bond motifs is 1. The van der Waals surface area contributed by atoms with Gasteiger partial charge in [0, 0.05) is 18.8 Å². The number of hydrogen-bond acceptors (Lipinski definition) is 5. The number of amides is 1. The summed E-state index contributed by atoms with van der Waals surface area (Å²) < 4.78 is 14.5. The maximum Gasteiger partial charge on any atom is 0.255 e. The van der Waals surface area contributed by atoms with Crippen molar-refractivity contribution in [3.05, 3.63) is 90.4 Å². The highest BCUT2D eigenvalue weighted by molar-refractivity contribution is 6.00. The zero-order chi connectivity index (χ0) is 24.4. The third-order valence-electron chi connectivity index (χ3n) is 5.92. The first-order valence-electron chi connectivity index (χ1n) is 11.1. The van der Waals surface area contributed by atoms with Crippen LogP contribution in [0.4, 0.5) is 0 Å². The zero-order valence-electron chi connectivity index (χ0n) is 19.7. The standard InChI is InChI=1S/C27H25N5O3/c1-31-22-12-8-7-11-21(22)29-25(31)16-28-27(33)20-17-32(19-9-5-4-6-10-19)30-26(20)18-13-14-23(34-2)24(15-18)35-3/h4-15,17H,16H2,1-3H3,(H,28,33). The molecule has 0 fully saturated rings. The number of nitrogens with zero attached hydrogens (tertiary/aromatic N) is 4. The Kier molecular flexibility index (Phi) is 5.93. The Morgan fingerprint density at radius 2 is 1.69 bits per heavy atom. The van der Waals surface area contributed by atoms with Crippen LogP contribution in [-0.2, 0) is 13.6 Å². The fourth-order valence-electron chi connectivity index (χ4n) is 4.06. The van der Waals surface area contributed by atoms with Gasteiger partial charge in [-0.3, -0.25) is 4.79 Å². The predicted molar refractivity (Wildman–Crippen MR) is 134 cm³/mol. The number of aromatic nitrogens is 4. The lowest BCUT2D eigenvalue weighted by molar-refractivity contribution is 0.0950. The summed E-state index contributed by atoms with van der Waals surface area (Å²) >= 11 is 0. The fourth-order valence-corrected chi connectivity index (χ4v) is 4.06. The number of nitrogens with one attached hydrogen (secondary N) is 1. The minimum Gasteiger partial charge on any atom is -0.493 e. The second kappa shape index (κ2) is 9.34. The molecule has 0 atom stereocenters. The molecule has 176 valence electrons. The molecule has 0 aliphatic heterocycles. The summed E-state index contributed by atoms with van der Waals surface area (Å²) in [4.78, 5) is 18.1. The molecule has 0 radical (unpaired) electrons. The maximum atomic E-state index is 13.4. The molecule has 3 aromatic carbocycles. The van der Waals surface area contributed by atoms with Gasteiger partial charge in [-0.15, -0.1) is 0 Å². The molecule has 0 spiro atoms. The first-order valence-corrected chi connectivity index (χ1v) is 11.1. The number of methoxy groups -OCH3 is 2. The number of carbonyl (C=O) groups is 1. The molecule has 2 aromatic heterocycles. The van der Waals surface area contributed by atoms with Crippen LogP contribution in [0.2, 0.25) is 0 Å². The number of para-hydroxylation sites is 3. The van der Waals surface area contributed by atoms with Crippen molar-refractivity contribution in [3.63, 3.8) is 0 Å². The van der Waals surface area contributed by atoms with Crippen molar-refractivity contribution < 1.29 is 14.3 Å². The van der Waals surface area contributed by atoms with Gasteiger partial charge in [-0.05, 0) is 42.5 Å². The van der Waals surface area contributed by atoms with Crippen LogP contribution < -0.4 is 14.8 Å². The average molecular weight is 468 g/mol. The summed E-state index contributed by atoms with van der Waals surface area (Å²) in [7, 11) is 5.11. The normalized spacial score (nSPS) is 10.9. The van der Waals surface area contributed by atoms with Gasteiger partial charge in [-0.1, -0.05) is 30.3 Å². The van der Waals surface area contributed by atoms with Gasteiger partial charge in [0.2, 0.25) is 0 Å². The summed E-state index contributed by atoms with van der Waals surface area (Å²) in [5, 5.41) is 7.76. The number of benzene rings is 3. The van der Waals surface area contributed by atoms with Gasteiger partial charge in [0.1, 0.15) is 11.5 Å². The molecule has 0 saturated carbocycles. The highest BCUT2D eigenvalue weighted by Gasteiger charge is 2.20. The number of rotatable bonds is 7. The molecule has 8 heteroatoms. The smallest absolute Gasteiger partial charge is 0.255 e. The molecule has 35 heavy (non-hydrogen) atoms. The minimum atomic E-state index is -0.246. The summed E-state index contributed by atoms with van der Waals surface area (Å²) in [6, 6.07) is 23.0. The molecule has 1 N–H and O–H groups in total. The predicted octanol–water partition coefficient (Wildman–Crippen LogP) is 4.37. The van der Waals surface area contributed by atoms with E-state index >= 15 is 0 Å². The minimum absolute atomic E-state index is 0.246. The van der Waals surface area contributed by atoms with E-state index in [2.05, 4.69) is 10.3 Å².